The third-order valence-corrected chi connectivity index (χ3v) is 6.39. The van der Waals surface area contributed by atoms with Crippen LogP contribution in [0.2, 0.25) is 0 Å². The first-order chi connectivity index (χ1) is 16.8. The topological polar surface area (TPSA) is 73.6 Å². The minimum atomic E-state index is -0.781. The first-order valence-corrected chi connectivity index (χ1v) is 11.8. The number of carbonyl (C=O) groups is 1. The van der Waals surface area contributed by atoms with Crippen LogP contribution >= 0.6 is 0 Å². The Hall–Kier alpha value is -3.61. The van der Waals surface area contributed by atoms with Gasteiger partial charge in [-0.05, 0) is 74.4 Å². The molecule has 1 heterocycles. The van der Waals surface area contributed by atoms with Crippen LogP contribution in [0.1, 0.15) is 56.4 Å². The Morgan fingerprint density at radius 3 is 2.66 bits per heavy atom. The Morgan fingerprint density at radius 1 is 1.23 bits per heavy atom. The van der Waals surface area contributed by atoms with E-state index in [4.69, 9.17) is 9.47 Å². The van der Waals surface area contributed by atoms with E-state index in [9.17, 15) is 14.3 Å². The Labute approximate surface area is 205 Å². The number of rotatable bonds is 10. The second-order valence-corrected chi connectivity index (χ2v) is 9.36. The zero-order valence-electron chi connectivity index (χ0n) is 20.5. The van der Waals surface area contributed by atoms with Crippen LogP contribution in [-0.2, 0) is 11.4 Å². The molecule has 0 saturated heterocycles. The van der Waals surface area contributed by atoms with Gasteiger partial charge in [0.25, 0.3) is 0 Å². The molecule has 0 aliphatic heterocycles. The summed E-state index contributed by atoms with van der Waals surface area (Å²) in [5.41, 5.74) is 3.84. The largest absolute Gasteiger partial charge is 0.497 e. The number of nitrogens with zero attached hydrogens (tertiary/aromatic N) is 2. The lowest BCUT2D eigenvalue weighted by Gasteiger charge is -2.21. The number of hydrogen-bond acceptors (Lipinski definition) is 4. The molecule has 4 rings (SSSR count). The highest BCUT2D eigenvalue weighted by atomic mass is 19.1. The summed E-state index contributed by atoms with van der Waals surface area (Å²) in [5.74, 6) is -0.0803. The van der Waals surface area contributed by atoms with Gasteiger partial charge in [-0.25, -0.2) is 9.07 Å². The molecule has 6 nitrogen and oxygen atoms in total. The lowest BCUT2D eigenvalue weighted by atomic mass is 9.83. The number of methoxy groups -OCH3 is 1. The van der Waals surface area contributed by atoms with Crippen molar-refractivity contribution in [3.63, 3.8) is 0 Å². The zero-order chi connectivity index (χ0) is 25.1. The Balaban J connectivity index is 1.61. The molecule has 1 unspecified atom stereocenters. The fourth-order valence-corrected chi connectivity index (χ4v) is 4.45. The SMILES string of the molecule is COc1ccc(F)c(-n2ncc(COc3cccc(C(C4CC4)[C@H](C)C(=O)O)c3)c2C=C(C)C)c1. The quantitative estimate of drug-likeness (QED) is 0.374. The number of aliphatic carboxylic acids is 1. The van der Waals surface area contributed by atoms with Gasteiger partial charge in [-0.1, -0.05) is 24.6 Å². The molecule has 3 aromatic rings. The number of hydrogen-bond donors (Lipinski definition) is 1. The molecule has 0 bridgehead atoms. The van der Waals surface area contributed by atoms with E-state index in [0.717, 1.165) is 35.2 Å². The van der Waals surface area contributed by atoms with Crippen molar-refractivity contribution >= 4 is 12.0 Å². The van der Waals surface area contributed by atoms with Gasteiger partial charge < -0.3 is 14.6 Å². The van der Waals surface area contributed by atoms with Crippen molar-refractivity contribution in [1.82, 2.24) is 9.78 Å². The normalized spacial score (nSPS) is 14.8. The van der Waals surface area contributed by atoms with Gasteiger partial charge in [0.15, 0.2) is 0 Å². The van der Waals surface area contributed by atoms with Crippen molar-refractivity contribution in [1.29, 1.82) is 0 Å². The number of aromatic nitrogens is 2. The third kappa shape index (κ3) is 5.56. The molecule has 0 spiro atoms. The maximum atomic E-state index is 14.7. The van der Waals surface area contributed by atoms with E-state index in [0.29, 0.717) is 23.1 Å². The van der Waals surface area contributed by atoms with Gasteiger partial charge in [0.2, 0.25) is 0 Å². The lowest BCUT2D eigenvalue weighted by Crippen LogP contribution is -2.20. The second kappa shape index (κ2) is 10.3. The van der Waals surface area contributed by atoms with Gasteiger partial charge in [0.1, 0.15) is 29.6 Å². The second-order valence-electron chi connectivity index (χ2n) is 9.36. The Bertz CT molecular complexity index is 1240. The highest BCUT2D eigenvalue weighted by Crippen LogP contribution is 2.47. The van der Waals surface area contributed by atoms with Gasteiger partial charge in [0.05, 0.1) is 24.9 Å². The van der Waals surface area contributed by atoms with Gasteiger partial charge in [-0.3, -0.25) is 4.79 Å². The molecule has 184 valence electrons. The van der Waals surface area contributed by atoms with Gasteiger partial charge in [-0.2, -0.15) is 5.10 Å². The maximum absolute atomic E-state index is 14.7. The van der Waals surface area contributed by atoms with E-state index < -0.39 is 17.7 Å². The fourth-order valence-electron chi connectivity index (χ4n) is 4.45. The highest BCUT2D eigenvalue weighted by Gasteiger charge is 2.38. The van der Waals surface area contributed by atoms with Crippen molar-refractivity contribution in [2.75, 3.05) is 7.11 Å². The molecule has 2 aromatic carbocycles. The summed E-state index contributed by atoms with van der Waals surface area (Å²) in [6.45, 7) is 5.94. The molecule has 7 heteroatoms. The molecule has 1 saturated carbocycles. The van der Waals surface area contributed by atoms with Crippen LogP contribution in [-0.4, -0.2) is 28.0 Å². The van der Waals surface area contributed by atoms with Crippen LogP contribution in [0.3, 0.4) is 0 Å². The molecule has 1 aliphatic rings. The van der Waals surface area contributed by atoms with Crippen molar-refractivity contribution < 1.29 is 23.8 Å². The molecule has 1 N–H and O–H groups in total. The molecule has 1 aromatic heterocycles. The van der Waals surface area contributed by atoms with E-state index in [-0.39, 0.29) is 12.5 Å². The van der Waals surface area contributed by atoms with Crippen molar-refractivity contribution in [2.45, 2.75) is 46.1 Å². The van der Waals surface area contributed by atoms with Crippen LogP contribution in [0.5, 0.6) is 11.5 Å². The molecule has 1 fully saturated rings. The standard InChI is InChI=1S/C28H31FN2O4/c1-17(2)12-25-21(15-30-31(25)26-14-22(34-4)10-11-24(26)29)16-35-23-7-5-6-20(13-23)27(19-8-9-19)18(3)28(32)33/h5-7,10-15,18-19,27H,8-9,16H2,1-4H3,(H,32,33)/t18-,27?/m0/s1. The summed E-state index contributed by atoms with van der Waals surface area (Å²) in [6.07, 6.45) is 5.73. The minimum absolute atomic E-state index is 0.0314. The summed E-state index contributed by atoms with van der Waals surface area (Å²) < 4.78 is 27.6. The van der Waals surface area contributed by atoms with E-state index in [2.05, 4.69) is 5.10 Å². The molecular formula is C28H31FN2O4. The monoisotopic (exact) mass is 478 g/mol. The van der Waals surface area contributed by atoms with E-state index in [1.165, 1.54) is 13.2 Å². The molecule has 2 atom stereocenters. The van der Waals surface area contributed by atoms with Crippen molar-refractivity contribution in [3.8, 4) is 17.2 Å². The summed E-state index contributed by atoms with van der Waals surface area (Å²) >= 11 is 0. The molecule has 0 radical (unpaired) electrons. The van der Waals surface area contributed by atoms with Crippen molar-refractivity contribution in [2.24, 2.45) is 11.8 Å². The summed E-state index contributed by atoms with van der Waals surface area (Å²) in [4.78, 5) is 11.7. The molecular weight excluding hydrogens is 447 g/mol. The van der Waals surface area contributed by atoms with Crippen LogP contribution in [0.15, 0.2) is 54.2 Å². The van der Waals surface area contributed by atoms with Crippen LogP contribution < -0.4 is 9.47 Å². The molecule has 0 amide bonds. The van der Waals surface area contributed by atoms with Crippen LogP contribution in [0, 0.1) is 17.7 Å². The minimum Gasteiger partial charge on any atom is -0.497 e. The van der Waals surface area contributed by atoms with Gasteiger partial charge in [0, 0.05) is 11.6 Å². The first kappa shape index (κ1) is 24.5. The number of carboxylic acids is 1. The van der Waals surface area contributed by atoms with Crippen LogP contribution in [0.4, 0.5) is 4.39 Å². The third-order valence-electron chi connectivity index (χ3n) is 6.39. The van der Waals surface area contributed by atoms with Crippen molar-refractivity contribution in [3.05, 3.63) is 76.9 Å². The van der Waals surface area contributed by atoms with E-state index in [1.54, 1.807) is 29.9 Å². The maximum Gasteiger partial charge on any atom is 0.306 e. The zero-order valence-corrected chi connectivity index (χ0v) is 20.5. The smallest absolute Gasteiger partial charge is 0.306 e. The number of benzene rings is 2. The van der Waals surface area contributed by atoms with Crippen LogP contribution in [0.25, 0.3) is 11.8 Å². The average molecular weight is 479 g/mol. The number of ether oxygens (including phenoxy) is 2. The summed E-state index contributed by atoms with van der Waals surface area (Å²) in [7, 11) is 1.54. The number of carboxylic acid groups (broad SMARTS) is 1. The van der Waals surface area contributed by atoms with E-state index >= 15 is 0 Å². The lowest BCUT2D eigenvalue weighted by molar-refractivity contribution is -0.142. The van der Waals surface area contributed by atoms with Gasteiger partial charge >= 0.3 is 5.97 Å². The Kier molecular flexibility index (Phi) is 7.24. The highest BCUT2D eigenvalue weighted by molar-refractivity contribution is 5.71. The first-order valence-electron chi connectivity index (χ1n) is 11.8. The Morgan fingerprint density at radius 2 is 2.00 bits per heavy atom. The number of halogens is 1. The molecule has 1 aliphatic carbocycles. The molecule has 35 heavy (non-hydrogen) atoms. The predicted octanol–water partition coefficient (Wildman–Crippen LogP) is 6.24. The summed E-state index contributed by atoms with van der Waals surface area (Å²) in [5, 5.41) is 14.0. The fraction of sp³-hybridized carbons (Fsp3) is 0.357. The predicted molar refractivity (Wildman–Crippen MR) is 132 cm³/mol. The average Bonchev–Trinajstić information content (AvgIpc) is 3.59. The number of allylic oxidation sites excluding steroid dienone is 1. The van der Waals surface area contributed by atoms with E-state index in [1.807, 2.05) is 44.2 Å². The summed E-state index contributed by atoms with van der Waals surface area (Å²) in [6, 6.07) is 12.2. The van der Waals surface area contributed by atoms with Gasteiger partial charge in [-0.15, -0.1) is 0 Å².